The topological polar surface area (TPSA) is 59.8 Å². The average molecular weight is 435 g/mol. The molecular weight excluding hydrogens is 416 g/mol. The fourth-order valence-electron chi connectivity index (χ4n) is 3.28. The highest BCUT2D eigenvalue weighted by molar-refractivity contribution is 9.10. The second kappa shape index (κ2) is 7.94. The molecule has 0 atom stereocenters. The Balaban J connectivity index is 1.46. The summed E-state index contributed by atoms with van der Waals surface area (Å²) in [5.74, 6) is -0.119. The molecule has 0 unspecified atom stereocenters. The van der Waals surface area contributed by atoms with Crippen molar-refractivity contribution in [2.75, 3.05) is 6.54 Å². The molecule has 1 amide bonds. The zero-order valence-electron chi connectivity index (χ0n) is 15.4. The third kappa shape index (κ3) is 3.68. The zero-order chi connectivity index (χ0) is 19.5. The van der Waals surface area contributed by atoms with Gasteiger partial charge in [-0.1, -0.05) is 46.3 Å². The van der Waals surface area contributed by atoms with Crippen LogP contribution in [0.15, 0.2) is 71.5 Å². The lowest BCUT2D eigenvalue weighted by Gasteiger charge is -2.08. The number of carbonyl (C=O) groups excluding carboxylic acids is 1. The zero-order valence-corrected chi connectivity index (χ0v) is 17.0. The molecule has 4 aromatic rings. The summed E-state index contributed by atoms with van der Waals surface area (Å²) < 4.78 is 2.74. The van der Waals surface area contributed by atoms with Gasteiger partial charge in [-0.25, -0.2) is 4.68 Å². The van der Waals surface area contributed by atoms with E-state index in [1.165, 1.54) is 0 Å². The first-order valence-electron chi connectivity index (χ1n) is 9.05. The predicted molar refractivity (Wildman–Crippen MR) is 114 cm³/mol. The summed E-state index contributed by atoms with van der Waals surface area (Å²) >= 11 is 3.47. The number of hydrogen-bond donors (Lipinski definition) is 1. The van der Waals surface area contributed by atoms with Gasteiger partial charge in [-0.15, -0.1) is 0 Å². The first-order valence-corrected chi connectivity index (χ1v) is 9.84. The summed E-state index contributed by atoms with van der Waals surface area (Å²) in [6, 6.07) is 17.9. The number of nitrogens with zero attached hydrogens (tertiary/aromatic N) is 3. The minimum atomic E-state index is -0.119. The molecule has 0 aliphatic carbocycles. The normalized spacial score (nSPS) is 10.9. The van der Waals surface area contributed by atoms with E-state index in [9.17, 15) is 4.79 Å². The van der Waals surface area contributed by atoms with Gasteiger partial charge >= 0.3 is 0 Å². The summed E-state index contributed by atoms with van der Waals surface area (Å²) in [7, 11) is 0. The summed E-state index contributed by atoms with van der Waals surface area (Å²) in [6.07, 6.45) is 4.13. The van der Waals surface area contributed by atoms with Crippen LogP contribution in [0.2, 0.25) is 0 Å². The van der Waals surface area contributed by atoms with Crippen molar-refractivity contribution >= 4 is 32.7 Å². The van der Waals surface area contributed by atoms with Crippen LogP contribution in [0.5, 0.6) is 0 Å². The van der Waals surface area contributed by atoms with Crippen LogP contribution in [0, 0.1) is 6.92 Å². The van der Waals surface area contributed by atoms with Crippen molar-refractivity contribution < 1.29 is 4.79 Å². The molecule has 0 aliphatic heterocycles. The van der Waals surface area contributed by atoms with E-state index in [1.54, 1.807) is 17.1 Å². The summed E-state index contributed by atoms with van der Waals surface area (Å²) in [4.78, 5) is 17.1. The van der Waals surface area contributed by atoms with Crippen LogP contribution in [-0.2, 0) is 6.42 Å². The van der Waals surface area contributed by atoms with Crippen molar-refractivity contribution in [1.29, 1.82) is 0 Å². The van der Waals surface area contributed by atoms with Crippen LogP contribution >= 0.6 is 15.9 Å². The van der Waals surface area contributed by atoms with E-state index in [0.717, 1.165) is 38.7 Å². The molecule has 0 saturated heterocycles. The van der Waals surface area contributed by atoms with Gasteiger partial charge in [-0.05, 0) is 43.2 Å². The van der Waals surface area contributed by atoms with Crippen molar-refractivity contribution in [2.45, 2.75) is 13.3 Å². The molecule has 28 heavy (non-hydrogen) atoms. The number of carbonyl (C=O) groups is 1. The third-order valence-corrected chi connectivity index (χ3v) is 5.20. The molecule has 2 heterocycles. The number of amides is 1. The SMILES string of the molecule is Cc1c(C(=O)NCCc2cccc3cccnc23)cnn1-c1cccc(Br)c1. The molecule has 5 nitrogen and oxygen atoms in total. The van der Waals surface area contributed by atoms with Crippen LogP contribution in [0.25, 0.3) is 16.6 Å². The van der Waals surface area contributed by atoms with Gasteiger partial charge in [-0.2, -0.15) is 5.10 Å². The number of pyridine rings is 1. The largest absolute Gasteiger partial charge is 0.352 e. The Labute approximate surface area is 171 Å². The third-order valence-electron chi connectivity index (χ3n) is 4.70. The monoisotopic (exact) mass is 434 g/mol. The standard InChI is InChI=1S/C22H19BrN4O/c1-15-20(14-26-27(15)19-9-3-8-18(23)13-19)22(28)25-12-10-17-6-2-5-16-7-4-11-24-21(16)17/h2-9,11,13-14H,10,12H2,1H3,(H,25,28). The minimum absolute atomic E-state index is 0.119. The van der Waals surface area contributed by atoms with E-state index in [2.05, 4.69) is 37.4 Å². The van der Waals surface area contributed by atoms with Crippen molar-refractivity contribution in [2.24, 2.45) is 0 Å². The summed E-state index contributed by atoms with van der Waals surface area (Å²) in [5.41, 5.74) is 4.41. The van der Waals surface area contributed by atoms with Gasteiger partial charge in [0.15, 0.2) is 0 Å². The fourth-order valence-corrected chi connectivity index (χ4v) is 3.66. The van der Waals surface area contributed by atoms with E-state index < -0.39 is 0 Å². The lowest BCUT2D eigenvalue weighted by atomic mass is 10.1. The molecule has 1 N–H and O–H groups in total. The highest BCUT2D eigenvalue weighted by Crippen LogP contribution is 2.19. The Morgan fingerprint density at radius 1 is 1.14 bits per heavy atom. The van der Waals surface area contributed by atoms with Crippen LogP contribution in [0.4, 0.5) is 0 Å². The van der Waals surface area contributed by atoms with E-state index in [4.69, 9.17) is 0 Å². The van der Waals surface area contributed by atoms with Gasteiger partial charge in [0.05, 0.1) is 28.7 Å². The first kappa shape index (κ1) is 18.4. The molecule has 0 aliphatic rings. The van der Waals surface area contributed by atoms with E-state index in [1.807, 2.05) is 55.5 Å². The number of para-hydroxylation sites is 1. The number of rotatable bonds is 5. The Hall–Kier alpha value is -2.99. The van der Waals surface area contributed by atoms with Crippen LogP contribution < -0.4 is 5.32 Å². The molecule has 0 fully saturated rings. The van der Waals surface area contributed by atoms with Gasteiger partial charge in [0.25, 0.3) is 5.91 Å². The maximum atomic E-state index is 12.6. The number of nitrogens with one attached hydrogen (secondary N) is 1. The van der Waals surface area contributed by atoms with Gasteiger partial charge in [0.2, 0.25) is 0 Å². The van der Waals surface area contributed by atoms with E-state index in [-0.39, 0.29) is 5.91 Å². The smallest absolute Gasteiger partial charge is 0.254 e. The molecule has 0 saturated carbocycles. The quantitative estimate of drug-likeness (QED) is 0.504. The molecule has 0 spiro atoms. The van der Waals surface area contributed by atoms with Gasteiger partial charge < -0.3 is 5.32 Å². The molecule has 2 aromatic heterocycles. The second-order valence-electron chi connectivity index (χ2n) is 6.53. The highest BCUT2D eigenvalue weighted by atomic mass is 79.9. The predicted octanol–water partition coefficient (Wildman–Crippen LogP) is 4.46. The molecular formula is C22H19BrN4O. The highest BCUT2D eigenvalue weighted by Gasteiger charge is 2.15. The maximum absolute atomic E-state index is 12.6. The number of aromatic nitrogens is 3. The Kier molecular flexibility index (Phi) is 5.21. The summed E-state index contributed by atoms with van der Waals surface area (Å²) in [5, 5.41) is 8.49. The van der Waals surface area contributed by atoms with Crippen LogP contribution in [0.3, 0.4) is 0 Å². The van der Waals surface area contributed by atoms with Crippen molar-refractivity contribution in [3.05, 3.63) is 88.3 Å². The Morgan fingerprint density at radius 3 is 2.82 bits per heavy atom. The average Bonchev–Trinajstić information content (AvgIpc) is 3.09. The van der Waals surface area contributed by atoms with E-state index in [0.29, 0.717) is 12.1 Å². The second-order valence-corrected chi connectivity index (χ2v) is 7.45. The molecule has 0 radical (unpaired) electrons. The maximum Gasteiger partial charge on any atom is 0.254 e. The lowest BCUT2D eigenvalue weighted by molar-refractivity contribution is 0.0953. The minimum Gasteiger partial charge on any atom is -0.352 e. The molecule has 4 rings (SSSR count). The summed E-state index contributed by atoms with van der Waals surface area (Å²) in [6.45, 7) is 2.44. The molecule has 2 aromatic carbocycles. The number of fused-ring (bicyclic) bond motifs is 1. The number of halogens is 1. The van der Waals surface area contributed by atoms with E-state index >= 15 is 0 Å². The number of hydrogen-bond acceptors (Lipinski definition) is 3. The molecule has 6 heteroatoms. The molecule has 140 valence electrons. The van der Waals surface area contributed by atoms with Gasteiger partial charge in [0, 0.05) is 22.6 Å². The number of benzene rings is 2. The fraction of sp³-hybridized carbons (Fsp3) is 0.136. The first-order chi connectivity index (χ1) is 13.6. The van der Waals surface area contributed by atoms with Crippen LogP contribution in [-0.4, -0.2) is 27.2 Å². The Bertz CT molecular complexity index is 1150. The molecule has 0 bridgehead atoms. The van der Waals surface area contributed by atoms with Crippen LogP contribution in [0.1, 0.15) is 21.6 Å². The van der Waals surface area contributed by atoms with Gasteiger partial charge in [-0.3, -0.25) is 9.78 Å². The lowest BCUT2D eigenvalue weighted by Crippen LogP contribution is -2.26. The Morgan fingerprint density at radius 2 is 1.96 bits per heavy atom. The van der Waals surface area contributed by atoms with Gasteiger partial charge in [0.1, 0.15) is 0 Å². The van der Waals surface area contributed by atoms with Crippen molar-refractivity contribution in [1.82, 2.24) is 20.1 Å². The van der Waals surface area contributed by atoms with Crippen molar-refractivity contribution in [3.8, 4) is 5.69 Å². The van der Waals surface area contributed by atoms with Crippen molar-refractivity contribution in [3.63, 3.8) is 0 Å².